The number of rotatable bonds is 10. The van der Waals surface area contributed by atoms with E-state index in [0.717, 1.165) is 0 Å². The van der Waals surface area contributed by atoms with Gasteiger partial charge in [0, 0.05) is 6.42 Å². The largest absolute Gasteiger partial charge is 0.480 e. The molecule has 0 saturated carbocycles. The predicted octanol–water partition coefficient (Wildman–Crippen LogP) is -2.26. The Bertz CT molecular complexity index is 665. The molecule has 7 N–H and O–H groups in total. The monoisotopic (exact) mass is 380 g/mol. The number of benzene rings is 1. The molecule has 0 heterocycles. The standard InChI is InChI=1S/C17H24N4O6/c1-10(18)15(24)19-8-14(23)20-13(9-22)16(25)21-12(17(26)27)7-11-5-3-2-4-6-11/h2-6,10,12-13,22H,7-9,18H2,1H3,(H,19,24)(H,20,23)(H,21,25)(H,26,27). The summed E-state index contributed by atoms with van der Waals surface area (Å²) in [4.78, 5) is 46.7. The van der Waals surface area contributed by atoms with Gasteiger partial charge in [-0.25, -0.2) is 4.79 Å². The van der Waals surface area contributed by atoms with Gasteiger partial charge in [0.2, 0.25) is 17.7 Å². The average Bonchev–Trinajstić information content (AvgIpc) is 2.63. The summed E-state index contributed by atoms with van der Waals surface area (Å²) in [5, 5.41) is 25.4. The number of aliphatic hydroxyl groups excluding tert-OH is 1. The molecule has 0 radical (unpaired) electrons. The molecule has 0 saturated heterocycles. The van der Waals surface area contributed by atoms with Gasteiger partial charge in [-0.15, -0.1) is 0 Å². The van der Waals surface area contributed by atoms with Crippen molar-refractivity contribution in [1.82, 2.24) is 16.0 Å². The number of nitrogens with one attached hydrogen (secondary N) is 3. The maximum absolute atomic E-state index is 12.2. The SMILES string of the molecule is CC(N)C(=O)NCC(=O)NC(CO)C(=O)NC(Cc1ccccc1)C(=O)O. The van der Waals surface area contributed by atoms with Gasteiger partial charge in [0.05, 0.1) is 19.2 Å². The van der Waals surface area contributed by atoms with E-state index in [4.69, 9.17) is 5.73 Å². The molecule has 0 aromatic heterocycles. The van der Waals surface area contributed by atoms with Crippen LogP contribution in [0.5, 0.6) is 0 Å². The van der Waals surface area contributed by atoms with Crippen molar-refractivity contribution in [2.75, 3.05) is 13.2 Å². The van der Waals surface area contributed by atoms with E-state index in [1.54, 1.807) is 30.3 Å². The van der Waals surface area contributed by atoms with Gasteiger partial charge in [-0.3, -0.25) is 14.4 Å². The van der Waals surface area contributed by atoms with Gasteiger partial charge < -0.3 is 31.9 Å². The first-order valence-corrected chi connectivity index (χ1v) is 8.25. The maximum Gasteiger partial charge on any atom is 0.326 e. The number of carboxylic acid groups (broad SMARTS) is 1. The van der Waals surface area contributed by atoms with E-state index in [1.807, 2.05) is 0 Å². The van der Waals surface area contributed by atoms with E-state index in [9.17, 15) is 29.4 Å². The molecule has 1 aromatic carbocycles. The number of carbonyl (C=O) groups is 4. The lowest BCUT2D eigenvalue weighted by Gasteiger charge is -2.20. The molecule has 3 amide bonds. The fraction of sp³-hybridized carbons (Fsp3) is 0.412. The van der Waals surface area contributed by atoms with Crippen LogP contribution in [0, 0.1) is 0 Å². The minimum atomic E-state index is -1.36. The highest BCUT2D eigenvalue weighted by molar-refractivity contribution is 5.92. The Labute approximate surface area is 156 Å². The number of aliphatic hydroxyl groups is 1. The Morgan fingerprint density at radius 3 is 2.19 bits per heavy atom. The summed E-state index contributed by atoms with van der Waals surface area (Å²) in [7, 11) is 0. The molecule has 0 aliphatic heterocycles. The molecule has 10 nitrogen and oxygen atoms in total. The van der Waals surface area contributed by atoms with Crippen LogP contribution < -0.4 is 21.7 Å². The van der Waals surface area contributed by atoms with Crippen molar-refractivity contribution in [3.63, 3.8) is 0 Å². The number of hydrogen-bond donors (Lipinski definition) is 6. The van der Waals surface area contributed by atoms with Crippen LogP contribution in [-0.4, -0.2) is 65.2 Å². The number of carboxylic acids is 1. The third-order valence-electron chi connectivity index (χ3n) is 3.57. The van der Waals surface area contributed by atoms with Crippen LogP contribution in [0.3, 0.4) is 0 Å². The van der Waals surface area contributed by atoms with E-state index < -0.39 is 55.0 Å². The molecule has 0 aliphatic rings. The number of nitrogens with two attached hydrogens (primary N) is 1. The molecular weight excluding hydrogens is 356 g/mol. The number of aliphatic carboxylic acids is 1. The molecule has 27 heavy (non-hydrogen) atoms. The van der Waals surface area contributed by atoms with Crippen LogP contribution in [0.2, 0.25) is 0 Å². The summed E-state index contributed by atoms with van der Waals surface area (Å²) in [5.41, 5.74) is 6.04. The highest BCUT2D eigenvalue weighted by Gasteiger charge is 2.26. The average molecular weight is 380 g/mol. The summed E-state index contributed by atoms with van der Waals surface area (Å²) >= 11 is 0. The minimum Gasteiger partial charge on any atom is -0.480 e. The third kappa shape index (κ3) is 7.84. The van der Waals surface area contributed by atoms with Crippen molar-refractivity contribution in [3.8, 4) is 0 Å². The lowest BCUT2D eigenvalue weighted by Crippen LogP contribution is -2.55. The zero-order valence-corrected chi connectivity index (χ0v) is 14.8. The van der Waals surface area contributed by atoms with Crippen LogP contribution in [0.4, 0.5) is 0 Å². The Hall–Kier alpha value is -2.98. The van der Waals surface area contributed by atoms with Crippen molar-refractivity contribution in [2.24, 2.45) is 5.73 Å². The van der Waals surface area contributed by atoms with Gasteiger partial charge in [0.1, 0.15) is 12.1 Å². The van der Waals surface area contributed by atoms with Crippen LogP contribution >= 0.6 is 0 Å². The molecule has 3 unspecified atom stereocenters. The first-order chi connectivity index (χ1) is 12.7. The van der Waals surface area contributed by atoms with Gasteiger partial charge in [-0.05, 0) is 12.5 Å². The fourth-order valence-corrected chi connectivity index (χ4v) is 2.09. The molecular formula is C17H24N4O6. The van der Waals surface area contributed by atoms with E-state index in [1.165, 1.54) is 6.92 Å². The van der Waals surface area contributed by atoms with Gasteiger partial charge in [0.25, 0.3) is 0 Å². The van der Waals surface area contributed by atoms with Crippen molar-refractivity contribution < 1.29 is 29.4 Å². The third-order valence-corrected chi connectivity index (χ3v) is 3.57. The number of hydrogen-bond acceptors (Lipinski definition) is 6. The second-order valence-corrected chi connectivity index (χ2v) is 5.90. The van der Waals surface area contributed by atoms with E-state index in [-0.39, 0.29) is 6.42 Å². The zero-order chi connectivity index (χ0) is 20.4. The molecule has 148 valence electrons. The fourth-order valence-electron chi connectivity index (χ4n) is 2.09. The highest BCUT2D eigenvalue weighted by Crippen LogP contribution is 2.04. The normalized spacial score (nSPS) is 13.7. The highest BCUT2D eigenvalue weighted by atomic mass is 16.4. The minimum absolute atomic E-state index is 0.0401. The molecule has 0 spiro atoms. The number of amides is 3. The second-order valence-electron chi connectivity index (χ2n) is 5.90. The molecule has 10 heteroatoms. The summed E-state index contributed by atoms with van der Waals surface area (Å²) < 4.78 is 0. The van der Waals surface area contributed by atoms with E-state index in [0.29, 0.717) is 5.56 Å². The van der Waals surface area contributed by atoms with Crippen LogP contribution in [0.25, 0.3) is 0 Å². The zero-order valence-electron chi connectivity index (χ0n) is 14.8. The van der Waals surface area contributed by atoms with Crippen molar-refractivity contribution in [2.45, 2.75) is 31.5 Å². The summed E-state index contributed by atoms with van der Waals surface area (Å²) in [6, 6.07) is 5.30. The van der Waals surface area contributed by atoms with E-state index >= 15 is 0 Å². The van der Waals surface area contributed by atoms with Gasteiger partial charge in [-0.1, -0.05) is 30.3 Å². The quantitative estimate of drug-likeness (QED) is 0.266. The van der Waals surface area contributed by atoms with E-state index in [2.05, 4.69) is 16.0 Å². The maximum atomic E-state index is 12.2. The Balaban J connectivity index is 2.62. The lowest BCUT2D eigenvalue weighted by molar-refractivity contribution is -0.142. The van der Waals surface area contributed by atoms with Crippen molar-refractivity contribution in [1.29, 1.82) is 0 Å². The summed E-state index contributed by atoms with van der Waals surface area (Å²) in [6.07, 6.45) is 0.0401. The van der Waals surface area contributed by atoms with Gasteiger partial charge in [0.15, 0.2) is 0 Å². The Morgan fingerprint density at radius 2 is 1.67 bits per heavy atom. The topological polar surface area (TPSA) is 171 Å². The van der Waals surface area contributed by atoms with Gasteiger partial charge >= 0.3 is 5.97 Å². The number of carbonyl (C=O) groups excluding carboxylic acids is 3. The van der Waals surface area contributed by atoms with Crippen LogP contribution in [0.1, 0.15) is 12.5 Å². The molecule has 3 atom stereocenters. The van der Waals surface area contributed by atoms with Crippen molar-refractivity contribution >= 4 is 23.7 Å². The van der Waals surface area contributed by atoms with Gasteiger partial charge in [-0.2, -0.15) is 0 Å². The first-order valence-electron chi connectivity index (χ1n) is 8.25. The molecule has 0 fully saturated rings. The molecule has 0 bridgehead atoms. The molecule has 1 rings (SSSR count). The lowest BCUT2D eigenvalue weighted by atomic mass is 10.1. The smallest absolute Gasteiger partial charge is 0.326 e. The van der Waals surface area contributed by atoms with Crippen LogP contribution in [0.15, 0.2) is 30.3 Å². The summed E-state index contributed by atoms with van der Waals surface area (Å²) in [6.45, 7) is 0.267. The predicted molar refractivity (Wildman–Crippen MR) is 95.4 cm³/mol. The summed E-state index contributed by atoms with van der Waals surface area (Å²) in [5.74, 6) is -3.38. The Morgan fingerprint density at radius 1 is 1.04 bits per heavy atom. The first kappa shape index (κ1) is 22.1. The molecule has 1 aromatic rings. The van der Waals surface area contributed by atoms with Crippen molar-refractivity contribution in [3.05, 3.63) is 35.9 Å². The molecule has 0 aliphatic carbocycles. The van der Waals surface area contributed by atoms with Crippen LogP contribution in [-0.2, 0) is 25.6 Å². The Kier molecular flexibility index (Phi) is 8.90. The second kappa shape index (κ2) is 10.9.